The standard InChI is InChI=1S/C19H19ClF2N4O4/c1-3-25(10-17(27)24-18-14(21)5-4-6-15(18)22)11(2)19(28)23-16-9-12(26(29)30)7-8-13(16)20/h4-9,11H,3,10H2,1-2H3,(H,23,28)(H,24,27). The second kappa shape index (κ2) is 10.1. The van der Waals surface area contributed by atoms with E-state index in [0.29, 0.717) is 0 Å². The van der Waals surface area contributed by atoms with Gasteiger partial charge in [-0.05, 0) is 31.7 Å². The number of nitrogens with zero attached hydrogens (tertiary/aromatic N) is 2. The lowest BCUT2D eigenvalue weighted by Gasteiger charge is -2.26. The number of rotatable bonds is 8. The number of anilines is 2. The van der Waals surface area contributed by atoms with Gasteiger partial charge in [-0.3, -0.25) is 24.6 Å². The minimum Gasteiger partial charge on any atom is -0.323 e. The highest BCUT2D eigenvalue weighted by molar-refractivity contribution is 6.33. The third-order valence-corrected chi connectivity index (χ3v) is 4.66. The van der Waals surface area contributed by atoms with Gasteiger partial charge in [0.1, 0.15) is 17.3 Å². The van der Waals surface area contributed by atoms with Crippen LogP contribution < -0.4 is 10.6 Å². The molecule has 160 valence electrons. The number of nitrogens with one attached hydrogen (secondary N) is 2. The average Bonchev–Trinajstić information content (AvgIpc) is 2.69. The number of nitro groups is 1. The second-order valence-corrected chi connectivity index (χ2v) is 6.70. The highest BCUT2D eigenvalue weighted by Crippen LogP contribution is 2.27. The maximum atomic E-state index is 13.7. The first-order chi connectivity index (χ1) is 14.1. The minimum atomic E-state index is -0.919. The number of benzene rings is 2. The Morgan fingerprint density at radius 2 is 1.83 bits per heavy atom. The molecule has 0 saturated heterocycles. The van der Waals surface area contributed by atoms with Crippen LogP contribution in [0.15, 0.2) is 36.4 Å². The van der Waals surface area contributed by atoms with Crippen LogP contribution in [0.1, 0.15) is 13.8 Å². The molecule has 0 fully saturated rings. The Balaban J connectivity index is 2.07. The smallest absolute Gasteiger partial charge is 0.271 e. The van der Waals surface area contributed by atoms with Crippen molar-refractivity contribution >= 4 is 40.5 Å². The third-order valence-electron chi connectivity index (χ3n) is 4.33. The van der Waals surface area contributed by atoms with Crippen molar-refractivity contribution in [3.8, 4) is 0 Å². The summed E-state index contributed by atoms with van der Waals surface area (Å²) in [6.07, 6.45) is 0. The number of carbonyl (C=O) groups is 2. The predicted octanol–water partition coefficient (Wildman–Crippen LogP) is 3.81. The van der Waals surface area contributed by atoms with Crippen molar-refractivity contribution in [2.45, 2.75) is 19.9 Å². The molecule has 30 heavy (non-hydrogen) atoms. The number of carbonyl (C=O) groups excluding carboxylic acids is 2. The summed E-state index contributed by atoms with van der Waals surface area (Å²) < 4.78 is 27.4. The number of hydrogen-bond acceptors (Lipinski definition) is 5. The largest absolute Gasteiger partial charge is 0.323 e. The highest BCUT2D eigenvalue weighted by atomic mass is 35.5. The molecule has 8 nitrogen and oxygen atoms in total. The van der Waals surface area contributed by atoms with Crippen LogP contribution in [0.3, 0.4) is 0 Å². The van der Waals surface area contributed by atoms with Crippen molar-refractivity contribution in [3.63, 3.8) is 0 Å². The lowest BCUT2D eigenvalue weighted by Crippen LogP contribution is -2.45. The Hall–Kier alpha value is -3.11. The summed E-state index contributed by atoms with van der Waals surface area (Å²) in [6.45, 7) is 3.16. The fraction of sp³-hybridized carbons (Fsp3) is 0.263. The lowest BCUT2D eigenvalue weighted by molar-refractivity contribution is -0.384. The molecule has 0 aliphatic rings. The van der Waals surface area contributed by atoms with Gasteiger partial charge in [0.15, 0.2) is 0 Å². The maximum Gasteiger partial charge on any atom is 0.271 e. The fourth-order valence-corrected chi connectivity index (χ4v) is 2.79. The van der Waals surface area contributed by atoms with Gasteiger partial charge in [0.2, 0.25) is 11.8 Å². The van der Waals surface area contributed by atoms with E-state index in [1.165, 1.54) is 30.0 Å². The molecule has 0 spiro atoms. The molecule has 1 atom stereocenters. The van der Waals surface area contributed by atoms with Crippen LogP contribution >= 0.6 is 11.6 Å². The van der Waals surface area contributed by atoms with Crippen LogP contribution in [0.25, 0.3) is 0 Å². The Morgan fingerprint density at radius 1 is 1.20 bits per heavy atom. The SMILES string of the molecule is CCN(CC(=O)Nc1c(F)cccc1F)C(C)C(=O)Nc1cc([N+](=O)[O-])ccc1Cl. The molecular weight excluding hydrogens is 422 g/mol. The molecule has 2 N–H and O–H groups in total. The normalized spacial score (nSPS) is 11.8. The molecule has 0 radical (unpaired) electrons. The van der Waals surface area contributed by atoms with Crippen LogP contribution in [-0.4, -0.2) is 40.8 Å². The van der Waals surface area contributed by atoms with Crippen LogP contribution in [0.5, 0.6) is 0 Å². The van der Waals surface area contributed by atoms with Gasteiger partial charge in [-0.15, -0.1) is 0 Å². The maximum absolute atomic E-state index is 13.7. The van der Waals surface area contributed by atoms with Crippen molar-refractivity contribution < 1.29 is 23.3 Å². The molecule has 0 bridgehead atoms. The zero-order valence-electron chi connectivity index (χ0n) is 16.1. The summed E-state index contributed by atoms with van der Waals surface area (Å²) in [4.78, 5) is 36.5. The summed E-state index contributed by atoms with van der Waals surface area (Å²) in [5, 5.41) is 15.7. The van der Waals surface area contributed by atoms with E-state index >= 15 is 0 Å². The van der Waals surface area contributed by atoms with Crippen LogP contribution in [0.4, 0.5) is 25.8 Å². The van der Waals surface area contributed by atoms with E-state index in [1.807, 2.05) is 0 Å². The summed E-state index contributed by atoms with van der Waals surface area (Å²) in [6, 6.07) is 5.95. The monoisotopic (exact) mass is 440 g/mol. The molecule has 2 aromatic rings. The molecule has 0 aromatic heterocycles. The predicted molar refractivity (Wildman–Crippen MR) is 108 cm³/mol. The lowest BCUT2D eigenvalue weighted by atomic mass is 10.2. The quantitative estimate of drug-likeness (QED) is 0.479. The topological polar surface area (TPSA) is 105 Å². The summed E-state index contributed by atoms with van der Waals surface area (Å²) in [5.41, 5.74) is -0.767. The molecule has 11 heteroatoms. The zero-order valence-corrected chi connectivity index (χ0v) is 16.9. The number of amides is 2. The van der Waals surface area contributed by atoms with Gasteiger partial charge in [0.25, 0.3) is 5.69 Å². The van der Waals surface area contributed by atoms with Crippen molar-refractivity contribution in [2.75, 3.05) is 23.7 Å². The van der Waals surface area contributed by atoms with Crippen molar-refractivity contribution in [2.24, 2.45) is 0 Å². The number of non-ortho nitro benzene ring substituents is 1. The molecular formula is C19H19ClF2N4O4. The van der Waals surface area contributed by atoms with Gasteiger partial charge >= 0.3 is 0 Å². The van der Waals surface area contributed by atoms with Gasteiger partial charge in [0, 0.05) is 12.1 Å². The van der Waals surface area contributed by atoms with Crippen molar-refractivity contribution in [3.05, 3.63) is 63.2 Å². The van der Waals surface area contributed by atoms with Gasteiger partial charge < -0.3 is 10.6 Å². The Kier molecular flexibility index (Phi) is 7.79. The van der Waals surface area contributed by atoms with Crippen LogP contribution in [0.2, 0.25) is 5.02 Å². The van der Waals surface area contributed by atoms with Gasteiger partial charge in [-0.2, -0.15) is 0 Å². The average molecular weight is 441 g/mol. The zero-order chi connectivity index (χ0) is 22.4. The van der Waals surface area contributed by atoms with Crippen LogP contribution in [0, 0.1) is 21.7 Å². The number of para-hydroxylation sites is 1. The van der Waals surface area contributed by atoms with E-state index in [1.54, 1.807) is 6.92 Å². The number of likely N-dealkylation sites (N-methyl/N-ethyl adjacent to an activating group) is 1. The van der Waals surface area contributed by atoms with Gasteiger partial charge in [-0.25, -0.2) is 8.78 Å². The summed E-state index contributed by atoms with van der Waals surface area (Å²) in [7, 11) is 0. The molecule has 2 amide bonds. The first kappa shape index (κ1) is 23.2. The molecule has 2 aromatic carbocycles. The number of halogens is 3. The summed E-state index contributed by atoms with van der Waals surface area (Å²) in [5.74, 6) is -3.12. The first-order valence-electron chi connectivity index (χ1n) is 8.86. The molecule has 1 unspecified atom stereocenters. The van der Waals surface area contributed by atoms with Gasteiger partial charge in [0.05, 0.1) is 28.2 Å². The Morgan fingerprint density at radius 3 is 2.40 bits per heavy atom. The number of hydrogen-bond donors (Lipinski definition) is 2. The Bertz CT molecular complexity index is 953. The van der Waals surface area contributed by atoms with E-state index in [-0.39, 0.29) is 29.5 Å². The summed E-state index contributed by atoms with van der Waals surface area (Å²) >= 11 is 5.98. The van der Waals surface area contributed by atoms with Crippen LogP contribution in [-0.2, 0) is 9.59 Å². The van der Waals surface area contributed by atoms with E-state index < -0.39 is 40.1 Å². The molecule has 0 aliphatic carbocycles. The van der Waals surface area contributed by atoms with Gasteiger partial charge in [-0.1, -0.05) is 24.6 Å². The van der Waals surface area contributed by atoms with E-state index in [2.05, 4.69) is 10.6 Å². The molecule has 2 rings (SSSR count). The molecule has 0 heterocycles. The minimum absolute atomic E-state index is 0.0525. The molecule has 0 saturated carbocycles. The van der Waals surface area contributed by atoms with E-state index in [4.69, 9.17) is 11.6 Å². The van der Waals surface area contributed by atoms with Crippen molar-refractivity contribution in [1.82, 2.24) is 4.90 Å². The number of nitro benzene ring substituents is 1. The highest BCUT2D eigenvalue weighted by Gasteiger charge is 2.24. The Labute approximate surface area is 176 Å². The fourth-order valence-electron chi connectivity index (χ4n) is 2.63. The van der Waals surface area contributed by atoms with E-state index in [0.717, 1.165) is 18.2 Å². The second-order valence-electron chi connectivity index (χ2n) is 6.29. The van der Waals surface area contributed by atoms with E-state index in [9.17, 15) is 28.5 Å². The molecule has 0 aliphatic heterocycles. The first-order valence-corrected chi connectivity index (χ1v) is 9.24. The third kappa shape index (κ3) is 5.71. The van der Waals surface area contributed by atoms with Crippen molar-refractivity contribution in [1.29, 1.82) is 0 Å².